The van der Waals surface area contributed by atoms with E-state index in [1.807, 2.05) is 19.1 Å². The van der Waals surface area contributed by atoms with Crippen LogP contribution < -0.4 is 24.8 Å². The van der Waals surface area contributed by atoms with Crippen molar-refractivity contribution in [3.63, 3.8) is 0 Å². The number of aliphatic hydroxyl groups excluding tert-OH is 1. The van der Waals surface area contributed by atoms with Crippen molar-refractivity contribution in [1.82, 2.24) is 10.6 Å². The van der Waals surface area contributed by atoms with Gasteiger partial charge in [-0.25, -0.2) is 4.99 Å². The number of aliphatic imine (C=N–C) groups is 1. The molecule has 2 aromatic rings. The molecule has 0 radical (unpaired) electrons. The fourth-order valence-electron chi connectivity index (χ4n) is 2.51. The number of benzene rings is 1. The maximum atomic E-state index is 10.1. The van der Waals surface area contributed by atoms with E-state index in [2.05, 4.69) is 15.6 Å². The van der Waals surface area contributed by atoms with Gasteiger partial charge in [0.2, 0.25) is 5.75 Å². The second-order valence-corrected chi connectivity index (χ2v) is 5.64. The Labute approximate surface area is 159 Å². The molecule has 0 bridgehead atoms. The number of hydrogen-bond acceptors (Lipinski definition) is 6. The Kier molecular flexibility index (Phi) is 7.81. The lowest BCUT2D eigenvalue weighted by Crippen LogP contribution is -2.39. The van der Waals surface area contributed by atoms with E-state index in [9.17, 15) is 5.11 Å². The van der Waals surface area contributed by atoms with Crippen LogP contribution in [0.3, 0.4) is 0 Å². The first-order chi connectivity index (χ1) is 13.1. The summed E-state index contributed by atoms with van der Waals surface area (Å²) in [6.45, 7) is 3.33. The molecular formula is C19H27N3O5. The molecule has 2 rings (SSSR count). The molecule has 0 aliphatic carbocycles. The van der Waals surface area contributed by atoms with Crippen LogP contribution in [0.15, 0.2) is 39.9 Å². The molecule has 1 aromatic heterocycles. The van der Waals surface area contributed by atoms with Gasteiger partial charge in [0.05, 0.1) is 40.7 Å². The highest BCUT2D eigenvalue weighted by Crippen LogP contribution is 2.38. The predicted octanol–water partition coefficient (Wildman–Crippen LogP) is 2.09. The standard InChI is InChI=1S/C19H27N3O5/c1-5-20-19(22-12-14(23)15-7-6-8-27-15)21-11-13-9-16(24-2)18(26-4)17(10-13)25-3/h6-10,14,23H,5,11-12H2,1-4H3,(H2,20,21,22). The third-order valence-corrected chi connectivity index (χ3v) is 3.82. The Morgan fingerprint density at radius 1 is 1.15 bits per heavy atom. The Balaban J connectivity index is 2.09. The van der Waals surface area contributed by atoms with Gasteiger partial charge < -0.3 is 34.4 Å². The summed E-state index contributed by atoms with van der Waals surface area (Å²) in [4.78, 5) is 4.54. The second kappa shape index (κ2) is 10.3. The number of ether oxygens (including phenoxy) is 3. The molecule has 0 spiro atoms. The normalized spacial score (nSPS) is 12.4. The minimum atomic E-state index is -0.759. The number of nitrogens with one attached hydrogen (secondary N) is 2. The van der Waals surface area contributed by atoms with Crippen molar-refractivity contribution in [2.45, 2.75) is 19.6 Å². The van der Waals surface area contributed by atoms with Gasteiger partial charge in [0.25, 0.3) is 0 Å². The number of aliphatic hydroxyl groups is 1. The van der Waals surface area contributed by atoms with Gasteiger partial charge >= 0.3 is 0 Å². The van der Waals surface area contributed by atoms with Gasteiger partial charge in [0.15, 0.2) is 17.5 Å². The molecule has 0 amide bonds. The van der Waals surface area contributed by atoms with Gasteiger partial charge in [0, 0.05) is 6.54 Å². The number of hydrogen-bond donors (Lipinski definition) is 3. The van der Waals surface area contributed by atoms with Gasteiger partial charge in [-0.05, 0) is 36.8 Å². The maximum absolute atomic E-state index is 10.1. The van der Waals surface area contributed by atoms with Crippen molar-refractivity contribution in [3.05, 3.63) is 41.9 Å². The van der Waals surface area contributed by atoms with Crippen LogP contribution in [0.4, 0.5) is 0 Å². The molecule has 1 aromatic carbocycles. The average molecular weight is 377 g/mol. The van der Waals surface area contributed by atoms with E-state index in [0.29, 0.717) is 42.1 Å². The average Bonchev–Trinajstić information content (AvgIpc) is 3.23. The summed E-state index contributed by atoms with van der Waals surface area (Å²) >= 11 is 0. The second-order valence-electron chi connectivity index (χ2n) is 5.64. The van der Waals surface area contributed by atoms with E-state index in [-0.39, 0.29) is 6.54 Å². The molecule has 0 saturated carbocycles. The van der Waals surface area contributed by atoms with Crippen LogP contribution in [0.5, 0.6) is 17.2 Å². The molecule has 8 heteroatoms. The lowest BCUT2D eigenvalue weighted by atomic mass is 10.2. The Hall–Kier alpha value is -2.87. The van der Waals surface area contributed by atoms with Crippen molar-refractivity contribution in [2.75, 3.05) is 34.4 Å². The molecule has 0 aliphatic heterocycles. The minimum Gasteiger partial charge on any atom is -0.493 e. The SMILES string of the molecule is CCNC(=NCc1cc(OC)c(OC)c(OC)c1)NCC(O)c1ccco1. The zero-order chi connectivity index (χ0) is 19.6. The quantitative estimate of drug-likeness (QED) is 0.455. The summed E-state index contributed by atoms with van der Waals surface area (Å²) in [6.07, 6.45) is 0.771. The van der Waals surface area contributed by atoms with Crippen molar-refractivity contribution in [2.24, 2.45) is 4.99 Å². The zero-order valence-electron chi connectivity index (χ0n) is 16.1. The topological polar surface area (TPSA) is 97.5 Å². The summed E-state index contributed by atoms with van der Waals surface area (Å²) < 4.78 is 21.3. The monoisotopic (exact) mass is 377 g/mol. The number of rotatable bonds is 9. The lowest BCUT2D eigenvalue weighted by Gasteiger charge is -2.15. The van der Waals surface area contributed by atoms with E-state index in [4.69, 9.17) is 18.6 Å². The van der Waals surface area contributed by atoms with E-state index in [0.717, 1.165) is 5.56 Å². The number of furan rings is 1. The molecule has 1 unspecified atom stereocenters. The fourth-order valence-corrected chi connectivity index (χ4v) is 2.51. The molecular weight excluding hydrogens is 350 g/mol. The predicted molar refractivity (Wildman–Crippen MR) is 103 cm³/mol. The van der Waals surface area contributed by atoms with E-state index >= 15 is 0 Å². The first kappa shape index (κ1) is 20.4. The van der Waals surface area contributed by atoms with Gasteiger partial charge in [-0.3, -0.25) is 0 Å². The Bertz CT molecular complexity index is 706. The molecule has 0 aliphatic rings. The van der Waals surface area contributed by atoms with Crippen molar-refractivity contribution >= 4 is 5.96 Å². The van der Waals surface area contributed by atoms with Gasteiger partial charge in [-0.2, -0.15) is 0 Å². The summed E-state index contributed by atoms with van der Waals surface area (Å²) in [7, 11) is 4.72. The highest BCUT2D eigenvalue weighted by atomic mass is 16.5. The first-order valence-electron chi connectivity index (χ1n) is 8.65. The fraction of sp³-hybridized carbons (Fsp3) is 0.421. The highest BCUT2D eigenvalue weighted by Gasteiger charge is 2.14. The van der Waals surface area contributed by atoms with Crippen LogP contribution in [0.1, 0.15) is 24.4 Å². The van der Waals surface area contributed by atoms with Gasteiger partial charge in [0.1, 0.15) is 11.9 Å². The lowest BCUT2D eigenvalue weighted by molar-refractivity contribution is 0.153. The van der Waals surface area contributed by atoms with E-state index in [1.165, 1.54) is 6.26 Å². The van der Waals surface area contributed by atoms with Crippen LogP contribution in [0, 0.1) is 0 Å². The van der Waals surface area contributed by atoms with Crippen LogP contribution in [0.25, 0.3) is 0 Å². The summed E-state index contributed by atoms with van der Waals surface area (Å²) in [6, 6.07) is 7.17. The molecule has 27 heavy (non-hydrogen) atoms. The van der Waals surface area contributed by atoms with Crippen LogP contribution in [0.2, 0.25) is 0 Å². The van der Waals surface area contributed by atoms with Crippen molar-refractivity contribution in [1.29, 1.82) is 0 Å². The van der Waals surface area contributed by atoms with E-state index in [1.54, 1.807) is 33.5 Å². The highest BCUT2D eigenvalue weighted by molar-refractivity contribution is 5.79. The Morgan fingerprint density at radius 3 is 2.37 bits per heavy atom. The number of methoxy groups -OCH3 is 3. The van der Waals surface area contributed by atoms with Gasteiger partial charge in [-0.1, -0.05) is 0 Å². The van der Waals surface area contributed by atoms with Crippen LogP contribution >= 0.6 is 0 Å². The van der Waals surface area contributed by atoms with Crippen LogP contribution in [-0.2, 0) is 6.54 Å². The molecule has 8 nitrogen and oxygen atoms in total. The van der Waals surface area contributed by atoms with Crippen LogP contribution in [-0.4, -0.2) is 45.5 Å². The van der Waals surface area contributed by atoms with Crippen molar-refractivity contribution in [3.8, 4) is 17.2 Å². The zero-order valence-corrected chi connectivity index (χ0v) is 16.1. The summed E-state index contributed by atoms with van der Waals surface area (Å²) in [5.74, 6) is 2.78. The molecule has 1 atom stereocenters. The Morgan fingerprint density at radius 2 is 1.85 bits per heavy atom. The maximum Gasteiger partial charge on any atom is 0.203 e. The molecule has 0 saturated heterocycles. The molecule has 148 valence electrons. The number of guanidine groups is 1. The third-order valence-electron chi connectivity index (χ3n) is 3.82. The first-order valence-corrected chi connectivity index (χ1v) is 8.65. The molecule has 1 heterocycles. The minimum absolute atomic E-state index is 0.272. The van der Waals surface area contributed by atoms with Crippen molar-refractivity contribution < 1.29 is 23.7 Å². The summed E-state index contributed by atoms with van der Waals surface area (Å²) in [5, 5.41) is 16.4. The summed E-state index contributed by atoms with van der Waals surface area (Å²) in [5.41, 5.74) is 0.897. The van der Waals surface area contributed by atoms with E-state index < -0.39 is 6.10 Å². The largest absolute Gasteiger partial charge is 0.493 e. The molecule has 3 N–H and O–H groups in total. The van der Waals surface area contributed by atoms with Gasteiger partial charge in [-0.15, -0.1) is 0 Å². The smallest absolute Gasteiger partial charge is 0.203 e. The third kappa shape index (κ3) is 5.55. The number of nitrogens with zero attached hydrogens (tertiary/aromatic N) is 1. The molecule has 0 fully saturated rings.